The van der Waals surface area contributed by atoms with Crippen LogP contribution in [0.4, 0.5) is 4.79 Å². The minimum absolute atomic E-state index is 0.141. The Balaban J connectivity index is 1.28. The van der Waals surface area contributed by atoms with Gasteiger partial charge in [0.1, 0.15) is 0 Å². The van der Waals surface area contributed by atoms with Gasteiger partial charge in [0.05, 0.1) is 12.6 Å². The predicted molar refractivity (Wildman–Crippen MR) is 115 cm³/mol. The normalized spacial score (nSPS) is 32.5. The van der Waals surface area contributed by atoms with Crippen LogP contribution in [0.1, 0.15) is 69.0 Å². The van der Waals surface area contributed by atoms with Crippen molar-refractivity contribution in [3.8, 4) is 0 Å². The van der Waals surface area contributed by atoms with E-state index in [9.17, 15) is 4.79 Å². The van der Waals surface area contributed by atoms with Crippen LogP contribution in [-0.2, 0) is 10.2 Å². The smallest absolute Gasteiger partial charge is 0.410 e. The molecule has 5 rings (SSSR count). The van der Waals surface area contributed by atoms with E-state index in [4.69, 9.17) is 4.74 Å². The quantitative estimate of drug-likeness (QED) is 0.719. The Labute approximate surface area is 175 Å². The Kier molecular flexibility index (Phi) is 5.09. The predicted octanol–water partition coefficient (Wildman–Crippen LogP) is 4.99. The highest BCUT2D eigenvalue weighted by atomic mass is 16.6. The lowest BCUT2D eigenvalue weighted by atomic mass is 9.73. The molecule has 1 saturated heterocycles. The summed E-state index contributed by atoms with van der Waals surface area (Å²) in [5, 5.41) is 0. The number of hydrogen-bond donors (Lipinski definition) is 0. The zero-order valence-electron chi connectivity index (χ0n) is 18.1. The fourth-order valence-corrected chi connectivity index (χ4v) is 7.13. The summed E-state index contributed by atoms with van der Waals surface area (Å²) in [5.74, 6) is 3.02. The Hall–Kier alpha value is -1.55. The fraction of sp³-hybridized carbons (Fsp3) is 0.720. The third-order valence-corrected chi connectivity index (χ3v) is 8.69. The Morgan fingerprint density at radius 3 is 2.69 bits per heavy atom. The van der Waals surface area contributed by atoms with E-state index in [2.05, 4.69) is 29.2 Å². The summed E-state index contributed by atoms with van der Waals surface area (Å²) in [6.45, 7) is 6.05. The van der Waals surface area contributed by atoms with Gasteiger partial charge in [-0.2, -0.15) is 0 Å². The molecule has 4 heteroatoms. The lowest BCUT2D eigenvalue weighted by Gasteiger charge is -2.42. The van der Waals surface area contributed by atoms with E-state index in [1.54, 1.807) is 0 Å². The summed E-state index contributed by atoms with van der Waals surface area (Å²) < 4.78 is 5.30. The molecule has 4 atom stereocenters. The van der Waals surface area contributed by atoms with Crippen LogP contribution in [-0.4, -0.2) is 49.2 Å². The molecule has 3 fully saturated rings. The Morgan fingerprint density at radius 2 is 2.00 bits per heavy atom. The van der Waals surface area contributed by atoms with Gasteiger partial charge in [-0.05, 0) is 87.4 Å². The summed E-state index contributed by atoms with van der Waals surface area (Å²) in [7, 11) is 1.91. The largest absolute Gasteiger partial charge is 0.450 e. The van der Waals surface area contributed by atoms with Crippen molar-refractivity contribution in [1.82, 2.24) is 9.80 Å². The molecular weight excluding hydrogens is 360 g/mol. The number of carbonyl (C=O) groups excluding carboxylic acids is 1. The average molecular weight is 397 g/mol. The highest BCUT2D eigenvalue weighted by Gasteiger charge is 2.48. The van der Waals surface area contributed by atoms with Crippen molar-refractivity contribution in [3.63, 3.8) is 0 Å². The van der Waals surface area contributed by atoms with E-state index in [1.807, 2.05) is 18.9 Å². The molecule has 29 heavy (non-hydrogen) atoms. The molecular formula is C25H36N2O2. The summed E-state index contributed by atoms with van der Waals surface area (Å²) in [5.41, 5.74) is 3.05. The maximum Gasteiger partial charge on any atom is 0.410 e. The molecule has 0 unspecified atom stereocenters. The maximum atomic E-state index is 12.4. The van der Waals surface area contributed by atoms with Crippen molar-refractivity contribution < 1.29 is 9.53 Å². The number of amides is 1. The van der Waals surface area contributed by atoms with Crippen molar-refractivity contribution in [2.75, 3.05) is 33.3 Å². The van der Waals surface area contributed by atoms with Crippen LogP contribution in [0, 0.1) is 17.8 Å². The highest BCUT2D eigenvalue weighted by Crippen LogP contribution is 2.53. The lowest BCUT2D eigenvalue weighted by Crippen LogP contribution is -2.44. The zero-order chi connectivity index (χ0) is 20.0. The van der Waals surface area contributed by atoms with Gasteiger partial charge in [-0.1, -0.05) is 30.7 Å². The van der Waals surface area contributed by atoms with E-state index in [0.717, 1.165) is 24.2 Å². The van der Waals surface area contributed by atoms with Crippen LogP contribution in [0.2, 0.25) is 0 Å². The third-order valence-electron chi connectivity index (χ3n) is 8.69. The van der Waals surface area contributed by atoms with E-state index in [0.29, 0.717) is 6.61 Å². The summed E-state index contributed by atoms with van der Waals surface area (Å²) >= 11 is 0. The van der Waals surface area contributed by atoms with Gasteiger partial charge < -0.3 is 14.5 Å². The molecule has 0 aromatic heterocycles. The molecule has 2 saturated carbocycles. The number of piperidine rings is 1. The number of rotatable bonds is 4. The Morgan fingerprint density at radius 1 is 1.21 bits per heavy atom. The van der Waals surface area contributed by atoms with E-state index in [-0.39, 0.29) is 17.6 Å². The molecule has 2 bridgehead atoms. The molecule has 0 N–H and O–H groups in total. The topological polar surface area (TPSA) is 32.8 Å². The van der Waals surface area contributed by atoms with Crippen LogP contribution in [0.3, 0.4) is 0 Å². The molecule has 1 heterocycles. The molecule has 0 radical (unpaired) electrons. The second kappa shape index (κ2) is 7.61. The molecule has 1 aromatic carbocycles. The number of carbonyl (C=O) groups is 1. The van der Waals surface area contributed by atoms with Crippen molar-refractivity contribution in [2.24, 2.45) is 17.8 Å². The number of hydrogen-bond acceptors (Lipinski definition) is 3. The number of benzene rings is 1. The van der Waals surface area contributed by atoms with Crippen LogP contribution in [0.15, 0.2) is 24.3 Å². The number of nitrogens with zero attached hydrogens (tertiary/aromatic N) is 2. The van der Waals surface area contributed by atoms with Crippen molar-refractivity contribution in [1.29, 1.82) is 0 Å². The highest BCUT2D eigenvalue weighted by molar-refractivity contribution is 5.68. The second-order valence-electron chi connectivity index (χ2n) is 10.1. The van der Waals surface area contributed by atoms with Crippen molar-refractivity contribution in [3.05, 3.63) is 35.4 Å². The third kappa shape index (κ3) is 3.37. The molecule has 4 aliphatic rings. The van der Waals surface area contributed by atoms with Gasteiger partial charge in [0.2, 0.25) is 0 Å². The van der Waals surface area contributed by atoms with Gasteiger partial charge in [-0.15, -0.1) is 0 Å². The van der Waals surface area contributed by atoms with Crippen molar-refractivity contribution >= 4 is 6.09 Å². The second-order valence-corrected chi connectivity index (χ2v) is 10.1. The van der Waals surface area contributed by atoms with Gasteiger partial charge in [0, 0.05) is 19.0 Å². The number of ether oxygens (including phenoxy) is 1. The standard InChI is InChI=1S/C25H36N2O2/c1-3-29-24(28)26(2)23-16-25(22-7-5-4-6-21(22)23)10-12-27(13-11-25)17-20-15-18-8-9-19(20)14-18/h4-7,18-20,23H,3,8-17H2,1-2H3/t18-,19+,20+,23-/m0/s1. The molecule has 1 aliphatic heterocycles. The lowest BCUT2D eigenvalue weighted by molar-refractivity contribution is 0.0868. The first-order valence-electron chi connectivity index (χ1n) is 11.8. The van der Waals surface area contributed by atoms with Crippen LogP contribution in [0.25, 0.3) is 0 Å². The van der Waals surface area contributed by atoms with Gasteiger partial charge in [0.25, 0.3) is 0 Å². The van der Waals surface area contributed by atoms with Gasteiger partial charge in [-0.3, -0.25) is 0 Å². The molecule has 4 nitrogen and oxygen atoms in total. The van der Waals surface area contributed by atoms with Crippen LogP contribution in [0.5, 0.6) is 0 Å². The molecule has 3 aliphatic carbocycles. The summed E-state index contributed by atoms with van der Waals surface area (Å²) in [6, 6.07) is 8.98. The van der Waals surface area contributed by atoms with Gasteiger partial charge >= 0.3 is 6.09 Å². The Bertz CT molecular complexity index is 755. The first kappa shape index (κ1) is 19.4. The summed E-state index contributed by atoms with van der Waals surface area (Å²) in [6.07, 6.45) is 9.27. The maximum absolute atomic E-state index is 12.4. The monoisotopic (exact) mass is 396 g/mol. The number of likely N-dealkylation sites (tertiary alicyclic amines) is 1. The molecule has 1 aromatic rings. The van der Waals surface area contributed by atoms with E-state index < -0.39 is 0 Å². The summed E-state index contributed by atoms with van der Waals surface area (Å²) in [4.78, 5) is 17.0. The number of fused-ring (bicyclic) bond motifs is 4. The zero-order valence-corrected chi connectivity index (χ0v) is 18.1. The first-order valence-corrected chi connectivity index (χ1v) is 11.8. The average Bonchev–Trinajstić information content (AvgIpc) is 3.44. The van der Waals surface area contributed by atoms with Crippen LogP contribution < -0.4 is 0 Å². The van der Waals surface area contributed by atoms with Crippen LogP contribution >= 0.6 is 0 Å². The van der Waals surface area contributed by atoms with E-state index in [1.165, 1.54) is 69.3 Å². The minimum Gasteiger partial charge on any atom is -0.450 e. The van der Waals surface area contributed by atoms with Crippen molar-refractivity contribution in [2.45, 2.75) is 63.3 Å². The SMILES string of the molecule is CCOC(=O)N(C)[C@H]1CC2(CCN(C[C@H]3C[C@H]4CC[C@@H]3C4)CC2)c2ccccc21. The van der Waals surface area contributed by atoms with Gasteiger partial charge in [0.15, 0.2) is 0 Å². The van der Waals surface area contributed by atoms with E-state index >= 15 is 0 Å². The van der Waals surface area contributed by atoms with Gasteiger partial charge in [-0.25, -0.2) is 4.79 Å². The molecule has 1 spiro atoms. The first-order chi connectivity index (χ1) is 14.1. The fourth-order valence-electron chi connectivity index (χ4n) is 7.13. The minimum atomic E-state index is -0.196. The molecule has 158 valence electrons. The molecule has 1 amide bonds.